The maximum Gasteiger partial charge on any atom is 0.338 e. The van der Waals surface area contributed by atoms with Crippen LogP contribution >= 0.6 is 23.2 Å². The molecule has 0 spiro atoms. The molecule has 2 amide bonds. The highest BCUT2D eigenvalue weighted by Gasteiger charge is 2.20. The number of carbonyl (C=O) groups excluding carboxylic acids is 1. The van der Waals surface area contributed by atoms with E-state index in [4.69, 9.17) is 23.2 Å². The Morgan fingerprint density at radius 3 is 2.67 bits per heavy atom. The molecular formula is C14H19Cl2N3O2. The van der Waals surface area contributed by atoms with Crippen LogP contribution in [0.15, 0.2) is 18.2 Å². The van der Waals surface area contributed by atoms with Crippen LogP contribution in [0.2, 0.25) is 10.0 Å². The molecule has 5 nitrogen and oxygen atoms in total. The number of hydroxylamine groups is 1. The summed E-state index contributed by atoms with van der Waals surface area (Å²) in [6, 6.07) is 5.61. The van der Waals surface area contributed by atoms with E-state index >= 15 is 0 Å². The fourth-order valence-electron chi connectivity index (χ4n) is 2.44. The van der Waals surface area contributed by atoms with Crippen LogP contribution < -0.4 is 10.8 Å². The number of rotatable bonds is 4. The predicted molar refractivity (Wildman–Crippen MR) is 83.4 cm³/mol. The number of benzene rings is 1. The van der Waals surface area contributed by atoms with Crippen LogP contribution in [-0.2, 0) is 11.4 Å². The van der Waals surface area contributed by atoms with E-state index in [9.17, 15) is 4.79 Å². The summed E-state index contributed by atoms with van der Waals surface area (Å²) in [5.41, 5.74) is 3.41. The first kappa shape index (κ1) is 16.4. The first-order chi connectivity index (χ1) is 10.1. The van der Waals surface area contributed by atoms with Crippen LogP contribution in [-0.4, -0.2) is 37.2 Å². The highest BCUT2D eigenvalue weighted by Crippen LogP contribution is 2.24. The summed E-state index contributed by atoms with van der Waals surface area (Å²) in [6.45, 7) is 2.70. The first-order valence-electron chi connectivity index (χ1n) is 6.84. The summed E-state index contributed by atoms with van der Waals surface area (Å²) in [6.07, 6.45) is 1.83. The largest absolute Gasteiger partial charge is 0.338 e. The van der Waals surface area contributed by atoms with Crippen molar-refractivity contribution in [1.82, 2.24) is 15.7 Å². The number of urea groups is 1. The van der Waals surface area contributed by atoms with Gasteiger partial charge in [-0.15, -0.1) is 0 Å². The SMILES string of the molecule is CONC(=O)NC1CCN(Cc2ccc(Cl)c(Cl)c2)CC1. The van der Waals surface area contributed by atoms with Gasteiger partial charge in [-0.3, -0.25) is 9.74 Å². The number of hydrogen-bond acceptors (Lipinski definition) is 3. The molecule has 1 saturated heterocycles. The van der Waals surface area contributed by atoms with Crippen LogP contribution in [0.25, 0.3) is 0 Å². The Balaban J connectivity index is 1.78. The standard InChI is InChI=1S/C14H19Cl2N3O2/c1-21-18-14(20)17-11-4-6-19(7-5-11)9-10-2-3-12(15)13(16)8-10/h2-3,8,11H,4-7,9H2,1H3,(H2,17,18,20). The molecule has 0 unspecified atom stereocenters. The zero-order valence-corrected chi connectivity index (χ0v) is 13.4. The van der Waals surface area contributed by atoms with Gasteiger partial charge in [0.1, 0.15) is 0 Å². The molecule has 116 valence electrons. The molecule has 2 N–H and O–H groups in total. The number of halogens is 2. The van der Waals surface area contributed by atoms with Gasteiger partial charge in [-0.1, -0.05) is 29.3 Å². The van der Waals surface area contributed by atoms with Crippen molar-refractivity contribution in [3.8, 4) is 0 Å². The maximum atomic E-state index is 11.4. The van der Waals surface area contributed by atoms with Gasteiger partial charge < -0.3 is 5.32 Å². The Morgan fingerprint density at radius 2 is 2.05 bits per heavy atom. The lowest BCUT2D eigenvalue weighted by molar-refractivity contribution is 0.102. The van der Waals surface area contributed by atoms with Crippen molar-refractivity contribution in [2.75, 3.05) is 20.2 Å². The lowest BCUT2D eigenvalue weighted by Crippen LogP contribution is -2.47. The Labute approximate surface area is 134 Å². The number of likely N-dealkylation sites (tertiary alicyclic amines) is 1. The maximum absolute atomic E-state index is 11.4. The number of nitrogens with zero attached hydrogens (tertiary/aromatic N) is 1. The molecule has 7 heteroatoms. The van der Waals surface area contributed by atoms with E-state index in [-0.39, 0.29) is 12.1 Å². The number of amides is 2. The molecule has 21 heavy (non-hydrogen) atoms. The summed E-state index contributed by atoms with van der Waals surface area (Å²) in [7, 11) is 1.42. The van der Waals surface area contributed by atoms with Crippen LogP contribution in [0.1, 0.15) is 18.4 Å². The molecule has 1 heterocycles. The second kappa shape index (κ2) is 7.84. The minimum absolute atomic E-state index is 0.185. The summed E-state index contributed by atoms with van der Waals surface area (Å²) in [5.74, 6) is 0. The van der Waals surface area contributed by atoms with Gasteiger partial charge in [0.25, 0.3) is 0 Å². The second-order valence-electron chi connectivity index (χ2n) is 5.08. The highest BCUT2D eigenvalue weighted by atomic mass is 35.5. The molecule has 2 rings (SSSR count). The highest BCUT2D eigenvalue weighted by molar-refractivity contribution is 6.42. The van der Waals surface area contributed by atoms with Crippen LogP contribution in [0, 0.1) is 0 Å². The molecule has 0 bridgehead atoms. The Kier molecular flexibility index (Phi) is 6.11. The van der Waals surface area contributed by atoms with E-state index in [1.165, 1.54) is 7.11 Å². The van der Waals surface area contributed by atoms with Gasteiger partial charge in [-0.2, -0.15) is 0 Å². The van der Waals surface area contributed by atoms with Gasteiger partial charge in [0.2, 0.25) is 0 Å². The molecule has 1 fully saturated rings. The van der Waals surface area contributed by atoms with Crippen molar-refractivity contribution in [2.45, 2.75) is 25.4 Å². The van der Waals surface area contributed by atoms with Gasteiger partial charge in [0, 0.05) is 25.7 Å². The van der Waals surface area contributed by atoms with Crippen molar-refractivity contribution < 1.29 is 9.63 Å². The molecule has 1 aliphatic rings. The molecule has 1 aromatic carbocycles. The van der Waals surface area contributed by atoms with Gasteiger partial charge in [0.05, 0.1) is 17.2 Å². The van der Waals surface area contributed by atoms with Crippen molar-refractivity contribution in [3.05, 3.63) is 33.8 Å². The smallest absolute Gasteiger partial charge is 0.334 e. The first-order valence-corrected chi connectivity index (χ1v) is 7.60. The van der Waals surface area contributed by atoms with Crippen molar-refractivity contribution in [3.63, 3.8) is 0 Å². The van der Waals surface area contributed by atoms with E-state index < -0.39 is 0 Å². The number of nitrogens with one attached hydrogen (secondary N) is 2. The summed E-state index contributed by atoms with van der Waals surface area (Å²) in [5, 5.41) is 4.04. The lowest BCUT2D eigenvalue weighted by atomic mass is 10.0. The molecule has 1 aromatic rings. The molecule has 0 radical (unpaired) electrons. The molecule has 0 aromatic heterocycles. The minimum atomic E-state index is -0.291. The van der Waals surface area contributed by atoms with Crippen LogP contribution in [0.3, 0.4) is 0 Å². The molecule has 1 aliphatic heterocycles. The van der Waals surface area contributed by atoms with E-state index in [2.05, 4.69) is 20.5 Å². The second-order valence-corrected chi connectivity index (χ2v) is 5.89. The minimum Gasteiger partial charge on any atom is -0.334 e. The van der Waals surface area contributed by atoms with E-state index in [0.717, 1.165) is 38.0 Å². The van der Waals surface area contributed by atoms with E-state index in [0.29, 0.717) is 10.0 Å². The van der Waals surface area contributed by atoms with Gasteiger partial charge in [-0.05, 0) is 30.5 Å². The quantitative estimate of drug-likeness (QED) is 0.834. The zero-order chi connectivity index (χ0) is 15.2. The predicted octanol–water partition coefficient (Wildman–Crippen LogP) is 2.82. The Hall–Kier alpha value is -1.01. The Morgan fingerprint density at radius 1 is 1.33 bits per heavy atom. The molecule has 0 atom stereocenters. The van der Waals surface area contributed by atoms with Crippen molar-refractivity contribution >= 4 is 29.2 Å². The molecular weight excluding hydrogens is 313 g/mol. The fraction of sp³-hybridized carbons (Fsp3) is 0.500. The molecule has 0 aliphatic carbocycles. The van der Waals surface area contributed by atoms with Crippen molar-refractivity contribution in [2.24, 2.45) is 0 Å². The zero-order valence-electron chi connectivity index (χ0n) is 11.9. The lowest BCUT2D eigenvalue weighted by Gasteiger charge is -2.32. The van der Waals surface area contributed by atoms with Crippen LogP contribution in [0.4, 0.5) is 4.79 Å². The Bertz CT molecular complexity index is 491. The van der Waals surface area contributed by atoms with Gasteiger partial charge >= 0.3 is 6.03 Å². The summed E-state index contributed by atoms with van der Waals surface area (Å²) >= 11 is 11.9. The van der Waals surface area contributed by atoms with Crippen molar-refractivity contribution in [1.29, 1.82) is 0 Å². The third kappa shape index (κ3) is 5.04. The van der Waals surface area contributed by atoms with Gasteiger partial charge in [0.15, 0.2) is 0 Å². The summed E-state index contributed by atoms with van der Waals surface area (Å²) < 4.78 is 0. The topological polar surface area (TPSA) is 53.6 Å². The average molecular weight is 332 g/mol. The third-order valence-electron chi connectivity index (χ3n) is 3.51. The monoisotopic (exact) mass is 331 g/mol. The van der Waals surface area contributed by atoms with E-state index in [1.807, 2.05) is 18.2 Å². The third-order valence-corrected chi connectivity index (χ3v) is 4.25. The molecule has 0 saturated carbocycles. The normalized spacial score (nSPS) is 16.7. The van der Waals surface area contributed by atoms with Gasteiger partial charge in [-0.25, -0.2) is 10.3 Å². The number of piperidine rings is 1. The van der Waals surface area contributed by atoms with Crippen LogP contribution in [0.5, 0.6) is 0 Å². The average Bonchev–Trinajstić information content (AvgIpc) is 2.45. The van der Waals surface area contributed by atoms with E-state index in [1.54, 1.807) is 0 Å². The number of carbonyl (C=O) groups is 1. The number of hydrogen-bond donors (Lipinski definition) is 2. The fourth-order valence-corrected chi connectivity index (χ4v) is 2.76. The summed E-state index contributed by atoms with van der Waals surface area (Å²) in [4.78, 5) is 18.3.